The first-order chi connectivity index (χ1) is 18.0. The molecule has 200 valence electrons. The average Bonchev–Trinajstić information content (AvgIpc) is 3.28. The van der Waals surface area contributed by atoms with E-state index >= 15 is 0 Å². The zero-order valence-corrected chi connectivity index (χ0v) is 21.9. The zero-order valence-electron chi connectivity index (χ0n) is 21.0. The van der Waals surface area contributed by atoms with Gasteiger partial charge in [-0.1, -0.05) is 30.3 Å². The van der Waals surface area contributed by atoms with E-state index in [-0.39, 0.29) is 22.7 Å². The van der Waals surface area contributed by atoms with Crippen molar-refractivity contribution in [2.24, 2.45) is 0 Å². The Morgan fingerprint density at radius 2 is 1.84 bits per heavy atom. The molecule has 4 rings (SSSR count). The molecule has 0 spiro atoms. The van der Waals surface area contributed by atoms with Gasteiger partial charge < -0.3 is 24.8 Å². The third kappa shape index (κ3) is 6.88. The highest BCUT2D eigenvalue weighted by atomic mass is 32.2. The minimum absolute atomic E-state index is 0.158. The monoisotopic (exact) mass is 538 g/mol. The number of nitrogens with zero attached hydrogens (tertiary/aromatic N) is 2. The molecule has 3 aromatic carbocycles. The first-order valence-electron chi connectivity index (χ1n) is 12.0. The number of aliphatic hydroxyl groups excluding tert-OH is 1. The van der Waals surface area contributed by atoms with Crippen molar-refractivity contribution in [3.63, 3.8) is 0 Å². The number of nitrogens with one attached hydrogen (secondary N) is 2. The van der Waals surface area contributed by atoms with Gasteiger partial charge >= 0.3 is 6.16 Å². The van der Waals surface area contributed by atoms with Crippen LogP contribution in [0.1, 0.15) is 31.9 Å². The van der Waals surface area contributed by atoms with E-state index in [9.17, 15) is 18.3 Å². The number of rotatable bonds is 11. The summed E-state index contributed by atoms with van der Waals surface area (Å²) >= 11 is 0. The highest BCUT2D eigenvalue weighted by molar-refractivity contribution is 7.92. The first kappa shape index (κ1) is 27.1. The molecule has 0 bridgehead atoms. The molecule has 1 heterocycles. The van der Waals surface area contributed by atoms with Gasteiger partial charge in [0.15, 0.2) is 0 Å². The minimum atomic E-state index is -3.74. The normalized spacial score (nSPS) is 12.8. The van der Waals surface area contributed by atoms with Crippen molar-refractivity contribution in [2.45, 2.75) is 43.4 Å². The number of hydrogen-bond donors (Lipinski definition) is 4. The van der Waals surface area contributed by atoms with Crippen LogP contribution in [0.3, 0.4) is 0 Å². The van der Waals surface area contributed by atoms with Crippen molar-refractivity contribution < 1.29 is 28.2 Å². The molecule has 1 aromatic heterocycles. The molecule has 0 saturated carbocycles. The number of β-amino-alcohol motifs (C(OH)–C–C–N with tert-alkyl or cyclic N) is 1. The number of carbonyl (C=O) groups is 1. The summed E-state index contributed by atoms with van der Waals surface area (Å²) in [6.45, 7) is 4.88. The second-order valence-electron chi connectivity index (χ2n) is 9.53. The summed E-state index contributed by atoms with van der Waals surface area (Å²) in [6.07, 6.45) is 0.146. The number of aryl methyl sites for hydroxylation is 1. The van der Waals surface area contributed by atoms with Crippen LogP contribution in [0.5, 0.6) is 5.75 Å². The van der Waals surface area contributed by atoms with Crippen LogP contribution in [0.25, 0.3) is 11.0 Å². The van der Waals surface area contributed by atoms with Crippen LogP contribution in [0, 0.1) is 0 Å². The lowest BCUT2D eigenvalue weighted by Gasteiger charge is -2.28. The fourth-order valence-corrected chi connectivity index (χ4v) is 5.05. The lowest BCUT2D eigenvalue weighted by molar-refractivity contribution is 0.144. The van der Waals surface area contributed by atoms with Crippen LogP contribution in [-0.2, 0) is 16.6 Å². The van der Waals surface area contributed by atoms with Crippen LogP contribution in [0.15, 0.2) is 84.0 Å². The van der Waals surface area contributed by atoms with Crippen LogP contribution in [0.4, 0.5) is 10.5 Å². The Kier molecular flexibility index (Phi) is 8.00. The van der Waals surface area contributed by atoms with Gasteiger partial charge in [-0.3, -0.25) is 4.72 Å². The van der Waals surface area contributed by atoms with E-state index in [2.05, 4.69) is 15.0 Å². The number of hydrogen-bond acceptors (Lipinski definition) is 7. The molecule has 4 N–H and O–H groups in total. The van der Waals surface area contributed by atoms with Crippen molar-refractivity contribution in [1.82, 2.24) is 14.9 Å². The lowest BCUT2D eigenvalue weighted by Crippen LogP contribution is -2.42. The Morgan fingerprint density at radius 3 is 2.58 bits per heavy atom. The molecule has 38 heavy (non-hydrogen) atoms. The fourth-order valence-electron chi connectivity index (χ4n) is 3.98. The smallest absolute Gasteiger partial charge is 0.449 e. The summed E-state index contributed by atoms with van der Waals surface area (Å²) in [5.41, 5.74) is 2.07. The summed E-state index contributed by atoms with van der Waals surface area (Å²) < 4.78 is 34.5. The minimum Gasteiger partial charge on any atom is -0.449 e. The van der Waals surface area contributed by atoms with Crippen molar-refractivity contribution in [3.05, 3.63) is 84.7 Å². The molecule has 11 heteroatoms. The number of fused-ring (bicyclic) bond motifs is 1. The number of carboxylic acid groups (broad SMARTS) is 1. The Bertz CT molecular complexity index is 1520. The number of benzene rings is 3. The van der Waals surface area contributed by atoms with E-state index in [0.29, 0.717) is 24.2 Å². The van der Waals surface area contributed by atoms with Gasteiger partial charge in [-0.25, -0.2) is 18.2 Å². The molecule has 0 unspecified atom stereocenters. The second kappa shape index (κ2) is 11.2. The maximum Gasteiger partial charge on any atom is 0.511 e. The van der Waals surface area contributed by atoms with E-state index in [0.717, 1.165) is 11.0 Å². The zero-order chi connectivity index (χ0) is 27.3. The Labute approximate surface area is 221 Å². The van der Waals surface area contributed by atoms with Gasteiger partial charge in [0, 0.05) is 30.4 Å². The van der Waals surface area contributed by atoms with E-state index in [1.165, 1.54) is 12.1 Å². The molecule has 1 atom stereocenters. The maximum absolute atomic E-state index is 12.6. The molecule has 0 aliphatic rings. The molecule has 4 aromatic rings. The third-order valence-electron chi connectivity index (χ3n) is 6.13. The molecule has 0 radical (unpaired) electrons. The standard InChI is InChI=1S/C27H30N4O6S/c1-27(2,13-14-31-18-28-23-12-11-21(16-24(23)31)37-26(33)34)29-17-25(32)19-7-6-8-20(15-19)30-38(35,36)22-9-4-3-5-10-22/h3-12,15-16,18,25,29-30,32H,13-14,17H2,1-2H3,(H,33,34)/t25-/m0/s1. The van der Waals surface area contributed by atoms with Gasteiger partial charge in [0.25, 0.3) is 10.0 Å². The van der Waals surface area contributed by atoms with Gasteiger partial charge in [-0.2, -0.15) is 0 Å². The number of sulfonamides is 1. The number of aliphatic hydroxyl groups is 1. The molecule has 0 aliphatic carbocycles. The van der Waals surface area contributed by atoms with E-state index in [4.69, 9.17) is 9.84 Å². The quantitative estimate of drug-likeness (QED) is 0.163. The SMILES string of the molecule is CC(C)(CCn1cnc2ccc(OC(=O)O)cc21)NC[C@H](O)c1cccc(NS(=O)(=O)c2ccccc2)c1. The Morgan fingerprint density at radius 1 is 1.08 bits per heavy atom. The van der Waals surface area contributed by atoms with Crippen LogP contribution < -0.4 is 14.8 Å². The summed E-state index contributed by atoms with van der Waals surface area (Å²) in [5.74, 6) is 0.223. The molecule has 0 aliphatic heterocycles. The van der Waals surface area contributed by atoms with Crippen molar-refractivity contribution in [3.8, 4) is 5.75 Å². The predicted molar refractivity (Wildman–Crippen MR) is 144 cm³/mol. The summed E-state index contributed by atoms with van der Waals surface area (Å²) in [4.78, 5) is 15.4. The van der Waals surface area contributed by atoms with Crippen molar-refractivity contribution >= 4 is 32.9 Å². The summed E-state index contributed by atoms with van der Waals surface area (Å²) in [5, 5.41) is 23.0. The van der Waals surface area contributed by atoms with Gasteiger partial charge in [0.2, 0.25) is 0 Å². The van der Waals surface area contributed by atoms with Gasteiger partial charge in [0.1, 0.15) is 5.75 Å². The molecule has 10 nitrogen and oxygen atoms in total. The molecular weight excluding hydrogens is 508 g/mol. The van der Waals surface area contributed by atoms with Crippen LogP contribution in [0.2, 0.25) is 0 Å². The number of imidazole rings is 1. The second-order valence-corrected chi connectivity index (χ2v) is 11.2. The Balaban J connectivity index is 1.36. The molecule has 0 saturated heterocycles. The van der Waals surface area contributed by atoms with Crippen molar-refractivity contribution in [2.75, 3.05) is 11.3 Å². The highest BCUT2D eigenvalue weighted by Crippen LogP contribution is 2.23. The van der Waals surface area contributed by atoms with E-state index in [1.54, 1.807) is 67.0 Å². The van der Waals surface area contributed by atoms with E-state index in [1.807, 2.05) is 18.4 Å². The highest BCUT2D eigenvalue weighted by Gasteiger charge is 2.21. The molecule has 0 fully saturated rings. The van der Waals surface area contributed by atoms with Gasteiger partial charge in [-0.15, -0.1) is 0 Å². The Hall–Kier alpha value is -3.93. The average molecular weight is 539 g/mol. The van der Waals surface area contributed by atoms with Crippen LogP contribution in [-0.4, -0.2) is 46.4 Å². The molecule has 0 amide bonds. The fraction of sp³-hybridized carbons (Fsp3) is 0.259. The lowest BCUT2D eigenvalue weighted by atomic mass is 9.99. The largest absolute Gasteiger partial charge is 0.511 e. The van der Waals surface area contributed by atoms with Crippen LogP contribution >= 0.6 is 0 Å². The topological polar surface area (TPSA) is 143 Å². The number of aromatic nitrogens is 2. The number of anilines is 1. The first-order valence-corrected chi connectivity index (χ1v) is 13.5. The third-order valence-corrected chi connectivity index (χ3v) is 7.52. The van der Waals surface area contributed by atoms with Gasteiger partial charge in [-0.05, 0) is 62.2 Å². The number of ether oxygens (including phenoxy) is 1. The summed E-state index contributed by atoms with van der Waals surface area (Å²) in [7, 11) is -3.74. The maximum atomic E-state index is 12.6. The summed E-state index contributed by atoms with van der Waals surface area (Å²) in [6, 6.07) is 19.7. The van der Waals surface area contributed by atoms with Crippen molar-refractivity contribution in [1.29, 1.82) is 0 Å². The molecular formula is C27H30N4O6S. The predicted octanol–water partition coefficient (Wildman–Crippen LogP) is 4.39. The van der Waals surface area contributed by atoms with Gasteiger partial charge in [0.05, 0.1) is 28.4 Å². The van der Waals surface area contributed by atoms with E-state index < -0.39 is 22.3 Å².